The van der Waals surface area contributed by atoms with Crippen LogP contribution in [0.2, 0.25) is 0 Å². The van der Waals surface area contributed by atoms with E-state index in [2.05, 4.69) is 5.32 Å². The molecule has 1 fully saturated rings. The van der Waals surface area contributed by atoms with Crippen molar-refractivity contribution < 1.29 is 29.4 Å². The highest BCUT2D eigenvalue weighted by molar-refractivity contribution is 6.04. The summed E-state index contributed by atoms with van der Waals surface area (Å²) in [4.78, 5) is 50.7. The van der Waals surface area contributed by atoms with Crippen LogP contribution in [0.4, 0.5) is 4.79 Å². The van der Waals surface area contributed by atoms with Crippen LogP contribution in [0.15, 0.2) is 24.3 Å². The molecule has 9 nitrogen and oxygen atoms in total. The molecular formula is C20H25N3O6. The molecule has 0 bridgehead atoms. The van der Waals surface area contributed by atoms with Crippen molar-refractivity contribution in [2.24, 2.45) is 0 Å². The van der Waals surface area contributed by atoms with Gasteiger partial charge in [-0.3, -0.25) is 14.5 Å². The standard InChI is InChI=1S/C20H25N3O6/c24-12-15(19(27)28)21-17(25)8-2-1-5-9-22-18(26)16-10-13-6-3-4-7-14(13)11-23(16)20(22)29/h3-4,6-7,15-16,24H,1-2,5,8-12H2,(H,21,25)(H,27,28)/t15-,16+/m0/s1. The summed E-state index contributed by atoms with van der Waals surface area (Å²) < 4.78 is 0. The van der Waals surface area contributed by atoms with Gasteiger partial charge in [-0.1, -0.05) is 30.7 Å². The summed E-state index contributed by atoms with van der Waals surface area (Å²) in [6, 6.07) is 5.82. The van der Waals surface area contributed by atoms with Gasteiger partial charge in [-0.15, -0.1) is 0 Å². The lowest BCUT2D eigenvalue weighted by molar-refractivity contribution is -0.143. The lowest BCUT2D eigenvalue weighted by Crippen LogP contribution is -2.43. The van der Waals surface area contributed by atoms with Crippen LogP contribution in [0.1, 0.15) is 36.8 Å². The van der Waals surface area contributed by atoms with E-state index in [9.17, 15) is 19.2 Å². The van der Waals surface area contributed by atoms with Crippen molar-refractivity contribution in [3.8, 4) is 0 Å². The van der Waals surface area contributed by atoms with E-state index in [-0.39, 0.29) is 18.4 Å². The number of aliphatic hydroxyl groups excluding tert-OH is 1. The van der Waals surface area contributed by atoms with Gasteiger partial charge in [-0.25, -0.2) is 9.59 Å². The van der Waals surface area contributed by atoms with E-state index in [4.69, 9.17) is 10.2 Å². The minimum Gasteiger partial charge on any atom is -0.480 e. The zero-order chi connectivity index (χ0) is 21.0. The molecule has 3 rings (SSSR count). The third-order valence-electron chi connectivity index (χ3n) is 5.38. The molecule has 9 heteroatoms. The Labute approximate surface area is 168 Å². The van der Waals surface area contributed by atoms with Crippen molar-refractivity contribution in [3.63, 3.8) is 0 Å². The van der Waals surface area contributed by atoms with Crippen LogP contribution < -0.4 is 5.32 Å². The van der Waals surface area contributed by atoms with Gasteiger partial charge >= 0.3 is 12.0 Å². The zero-order valence-electron chi connectivity index (χ0n) is 16.0. The normalized spacial score (nSPS) is 19.0. The van der Waals surface area contributed by atoms with Gasteiger partial charge < -0.3 is 20.4 Å². The third-order valence-corrected chi connectivity index (χ3v) is 5.38. The maximum atomic E-state index is 12.7. The van der Waals surface area contributed by atoms with Crippen LogP contribution in [0.25, 0.3) is 0 Å². The number of aliphatic hydroxyl groups is 1. The van der Waals surface area contributed by atoms with Gasteiger partial charge in [0.05, 0.1) is 6.61 Å². The molecule has 1 aromatic rings. The second-order valence-corrected chi connectivity index (χ2v) is 7.34. The van der Waals surface area contributed by atoms with Crippen LogP contribution >= 0.6 is 0 Å². The summed E-state index contributed by atoms with van der Waals surface area (Å²) in [6.45, 7) is 0.0799. The maximum absolute atomic E-state index is 12.7. The number of carboxylic acids is 1. The van der Waals surface area contributed by atoms with Crippen LogP contribution in [0.5, 0.6) is 0 Å². The molecule has 3 N–H and O–H groups in total. The van der Waals surface area contributed by atoms with E-state index < -0.39 is 30.6 Å². The Bertz CT molecular complexity index is 768. The predicted molar refractivity (Wildman–Crippen MR) is 102 cm³/mol. The predicted octanol–water partition coefficient (Wildman–Crippen LogP) is 0.498. The quantitative estimate of drug-likeness (QED) is 0.407. The highest BCUT2D eigenvalue weighted by Crippen LogP contribution is 2.30. The second-order valence-electron chi connectivity index (χ2n) is 7.34. The van der Waals surface area contributed by atoms with E-state index in [1.165, 1.54) is 4.90 Å². The van der Waals surface area contributed by atoms with Crippen LogP contribution in [0.3, 0.4) is 0 Å². The molecule has 2 aliphatic rings. The Morgan fingerprint density at radius 2 is 1.86 bits per heavy atom. The number of fused-ring (bicyclic) bond motifs is 2. The average Bonchev–Trinajstić information content (AvgIpc) is 2.94. The van der Waals surface area contributed by atoms with Crippen molar-refractivity contribution in [1.29, 1.82) is 0 Å². The molecule has 0 spiro atoms. The number of amides is 4. The average molecular weight is 403 g/mol. The summed E-state index contributed by atoms with van der Waals surface area (Å²) >= 11 is 0. The number of benzene rings is 1. The summed E-state index contributed by atoms with van der Waals surface area (Å²) in [5.41, 5.74) is 2.17. The summed E-state index contributed by atoms with van der Waals surface area (Å²) in [5.74, 6) is -1.91. The summed E-state index contributed by atoms with van der Waals surface area (Å²) in [5, 5.41) is 19.9. The number of carbonyl (C=O) groups is 4. The van der Waals surface area contributed by atoms with Crippen molar-refractivity contribution in [2.75, 3.05) is 13.2 Å². The SMILES string of the molecule is O=C(CCCCCN1C(=O)[C@H]2Cc3ccccc3CN2C1=O)N[C@@H](CO)C(=O)O. The Morgan fingerprint density at radius 1 is 1.14 bits per heavy atom. The molecule has 2 atom stereocenters. The first kappa shape index (κ1) is 20.8. The van der Waals surface area contributed by atoms with Gasteiger partial charge in [-0.05, 0) is 24.0 Å². The fraction of sp³-hybridized carbons (Fsp3) is 0.500. The zero-order valence-corrected chi connectivity index (χ0v) is 16.0. The molecule has 2 heterocycles. The van der Waals surface area contributed by atoms with Gasteiger partial charge in [0.1, 0.15) is 12.1 Å². The number of nitrogens with zero attached hydrogens (tertiary/aromatic N) is 2. The highest BCUT2D eigenvalue weighted by Gasteiger charge is 2.46. The number of unbranched alkanes of at least 4 members (excludes halogenated alkanes) is 2. The van der Waals surface area contributed by atoms with Crippen molar-refractivity contribution in [1.82, 2.24) is 15.1 Å². The number of hydrogen-bond donors (Lipinski definition) is 3. The number of rotatable bonds is 9. The fourth-order valence-electron chi connectivity index (χ4n) is 3.76. The van der Waals surface area contributed by atoms with Crippen molar-refractivity contribution in [2.45, 2.75) is 50.7 Å². The Morgan fingerprint density at radius 3 is 2.55 bits per heavy atom. The number of urea groups is 1. The number of hydrogen-bond acceptors (Lipinski definition) is 5. The van der Waals surface area contributed by atoms with Gasteiger partial charge in [0.25, 0.3) is 5.91 Å². The van der Waals surface area contributed by atoms with Crippen molar-refractivity contribution >= 4 is 23.8 Å². The molecule has 156 valence electrons. The van der Waals surface area contributed by atoms with E-state index in [1.807, 2.05) is 24.3 Å². The van der Waals surface area contributed by atoms with E-state index in [0.29, 0.717) is 38.8 Å². The molecule has 2 aliphatic heterocycles. The molecule has 0 aromatic heterocycles. The van der Waals surface area contributed by atoms with E-state index in [0.717, 1.165) is 11.1 Å². The first-order chi connectivity index (χ1) is 13.9. The second kappa shape index (κ2) is 9.04. The van der Waals surface area contributed by atoms with E-state index >= 15 is 0 Å². The topological polar surface area (TPSA) is 127 Å². The maximum Gasteiger partial charge on any atom is 0.328 e. The number of carboxylic acid groups (broad SMARTS) is 1. The molecule has 1 saturated heterocycles. The minimum absolute atomic E-state index is 0.121. The Hall–Kier alpha value is -2.94. The molecule has 1 aromatic carbocycles. The monoisotopic (exact) mass is 403 g/mol. The lowest BCUT2D eigenvalue weighted by Gasteiger charge is -2.28. The summed E-state index contributed by atoms with van der Waals surface area (Å²) in [6.07, 6.45) is 2.34. The Balaban J connectivity index is 1.43. The molecule has 29 heavy (non-hydrogen) atoms. The van der Waals surface area contributed by atoms with Crippen molar-refractivity contribution in [3.05, 3.63) is 35.4 Å². The molecule has 4 amide bonds. The third kappa shape index (κ3) is 4.56. The number of nitrogens with one attached hydrogen (secondary N) is 1. The number of aliphatic carboxylic acids is 1. The smallest absolute Gasteiger partial charge is 0.328 e. The number of imide groups is 1. The van der Waals surface area contributed by atoms with Gasteiger partial charge in [-0.2, -0.15) is 0 Å². The first-order valence-electron chi connectivity index (χ1n) is 9.74. The minimum atomic E-state index is -1.30. The number of carbonyl (C=O) groups excluding carboxylic acids is 3. The van der Waals surface area contributed by atoms with Crippen LogP contribution in [0, 0.1) is 0 Å². The van der Waals surface area contributed by atoms with Gasteiger partial charge in [0.2, 0.25) is 5.91 Å². The molecule has 0 radical (unpaired) electrons. The Kier molecular flexibility index (Phi) is 6.48. The first-order valence-corrected chi connectivity index (χ1v) is 9.74. The molecule has 0 aliphatic carbocycles. The van der Waals surface area contributed by atoms with Crippen LogP contribution in [-0.4, -0.2) is 69.1 Å². The lowest BCUT2D eigenvalue weighted by atomic mass is 9.95. The molecule has 0 unspecified atom stereocenters. The molecular weight excluding hydrogens is 378 g/mol. The molecule has 0 saturated carbocycles. The van der Waals surface area contributed by atoms with E-state index in [1.54, 1.807) is 4.90 Å². The highest BCUT2D eigenvalue weighted by atomic mass is 16.4. The summed E-state index contributed by atoms with van der Waals surface area (Å²) in [7, 11) is 0. The van der Waals surface area contributed by atoms with Crippen LogP contribution in [-0.2, 0) is 27.3 Å². The largest absolute Gasteiger partial charge is 0.480 e. The fourth-order valence-corrected chi connectivity index (χ4v) is 3.76. The van der Waals surface area contributed by atoms with Gasteiger partial charge in [0, 0.05) is 25.9 Å². The van der Waals surface area contributed by atoms with Gasteiger partial charge in [0.15, 0.2) is 0 Å².